The molecule has 2 rings (SSSR count). The Bertz CT molecular complexity index is 552. The molecule has 114 valence electrons. The molecule has 1 amide bonds. The highest BCUT2D eigenvalue weighted by molar-refractivity contribution is 7.65. The van der Waals surface area contributed by atoms with Crippen molar-refractivity contribution in [1.29, 1.82) is 0 Å². The van der Waals surface area contributed by atoms with Crippen molar-refractivity contribution >= 4 is 31.2 Å². The van der Waals surface area contributed by atoms with Crippen LogP contribution in [0.5, 0.6) is 0 Å². The first-order valence-corrected chi connectivity index (χ1v) is 8.79. The number of rotatable bonds is 5. The smallest absolute Gasteiger partial charge is 0.330 e. The molecule has 1 heterocycles. The van der Waals surface area contributed by atoms with E-state index in [1.807, 2.05) is 6.07 Å². The average molecular weight is 329 g/mol. The van der Waals surface area contributed by atoms with Crippen LogP contribution in [-0.4, -0.2) is 18.8 Å². The van der Waals surface area contributed by atoms with Gasteiger partial charge in [0.15, 0.2) is 5.76 Å². The molecule has 0 aliphatic carbocycles. The first kappa shape index (κ1) is 16.2. The van der Waals surface area contributed by atoms with Crippen LogP contribution in [-0.2, 0) is 9.32 Å². The van der Waals surface area contributed by atoms with Crippen LogP contribution in [0.25, 0.3) is 0 Å². The van der Waals surface area contributed by atoms with Crippen molar-refractivity contribution in [2.75, 3.05) is 17.6 Å². The van der Waals surface area contributed by atoms with Gasteiger partial charge in [-0.1, -0.05) is 18.2 Å². The molecule has 1 aromatic carbocycles. The predicted molar refractivity (Wildman–Crippen MR) is 83.6 cm³/mol. The SMILES string of the molecule is CN[P+]1([O-])OC(C)=C(CCCCl)C(=O)N1c1ccccc1. The van der Waals surface area contributed by atoms with E-state index in [4.69, 9.17) is 16.1 Å². The second-order valence-corrected chi connectivity index (χ2v) is 7.06. The molecular formula is C14H18ClN2O3P. The highest BCUT2D eigenvalue weighted by atomic mass is 35.5. The first-order valence-electron chi connectivity index (χ1n) is 6.68. The molecule has 0 fully saturated rings. The summed E-state index contributed by atoms with van der Waals surface area (Å²) in [5.74, 6) is 0.557. The topological polar surface area (TPSA) is 64.6 Å². The van der Waals surface area contributed by atoms with Gasteiger partial charge in [0.25, 0.3) is 5.91 Å². The molecular weight excluding hydrogens is 311 g/mol. The normalized spacial score (nSPS) is 22.5. The van der Waals surface area contributed by atoms with E-state index in [0.717, 1.165) is 0 Å². The Kier molecular flexibility index (Phi) is 5.22. The van der Waals surface area contributed by atoms with E-state index in [9.17, 15) is 9.69 Å². The summed E-state index contributed by atoms with van der Waals surface area (Å²) in [5.41, 5.74) is 1.05. The van der Waals surface area contributed by atoms with Gasteiger partial charge in [0.2, 0.25) is 0 Å². The minimum Gasteiger partial charge on any atom is -0.614 e. The number of allylic oxidation sites excluding steroid dienone is 1. The third kappa shape index (κ3) is 3.22. The minimum absolute atomic E-state index is 0.298. The van der Waals surface area contributed by atoms with Gasteiger partial charge in [-0.2, -0.15) is 0 Å². The lowest BCUT2D eigenvalue weighted by atomic mass is 10.1. The number of carbonyl (C=O) groups is 1. The van der Waals surface area contributed by atoms with Crippen LogP contribution >= 0.6 is 19.6 Å². The molecule has 21 heavy (non-hydrogen) atoms. The molecule has 0 radical (unpaired) electrons. The van der Waals surface area contributed by atoms with Crippen molar-refractivity contribution in [3.05, 3.63) is 41.7 Å². The lowest BCUT2D eigenvalue weighted by Gasteiger charge is -2.40. The number of carbonyl (C=O) groups excluding carboxylic acids is 1. The standard InChI is InChI=1S/C14H18ClN2O3P/c1-11-13(9-6-10-15)14(18)17(21(19,16-2)20-11)12-7-4-3-5-8-12/h3-5,7-8H,6,9-10H2,1-2H3,(H,16,19). The fourth-order valence-corrected chi connectivity index (χ4v) is 3.98. The molecule has 0 aromatic heterocycles. The largest absolute Gasteiger partial charge is 0.614 e. The van der Waals surface area contributed by atoms with E-state index < -0.39 is 8.02 Å². The molecule has 0 bridgehead atoms. The Labute approximate surface area is 130 Å². The van der Waals surface area contributed by atoms with Gasteiger partial charge in [-0.3, -0.25) is 4.79 Å². The summed E-state index contributed by atoms with van der Waals surface area (Å²) in [4.78, 5) is 25.6. The maximum absolute atomic E-state index is 12.9. The van der Waals surface area contributed by atoms with Crippen molar-refractivity contribution in [3.63, 3.8) is 0 Å². The number of alkyl halides is 1. The zero-order chi connectivity index (χ0) is 15.5. The van der Waals surface area contributed by atoms with E-state index in [0.29, 0.717) is 35.7 Å². The highest BCUT2D eigenvalue weighted by Gasteiger charge is 2.48. The zero-order valence-corrected chi connectivity index (χ0v) is 13.7. The van der Waals surface area contributed by atoms with Crippen molar-refractivity contribution in [2.24, 2.45) is 0 Å². The van der Waals surface area contributed by atoms with E-state index in [-0.39, 0.29) is 5.91 Å². The van der Waals surface area contributed by atoms with E-state index in [2.05, 4.69) is 5.09 Å². The van der Waals surface area contributed by atoms with E-state index in [1.165, 1.54) is 11.7 Å². The number of nitrogens with zero attached hydrogens (tertiary/aromatic N) is 1. The quantitative estimate of drug-likeness (QED) is 0.666. The molecule has 0 spiro atoms. The Morgan fingerprint density at radius 2 is 2.05 bits per heavy atom. The third-order valence-corrected chi connectivity index (χ3v) is 5.54. The van der Waals surface area contributed by atoms with Crippen LogP contribution in [0.15, 0.2) is 41.7 Å². The Morgan fingerprint density at radius 1 is 1.38 bits per heavy atom. The summed E-state index contributed by atoms with van der Waals surface area (Å²) < 4.78 is 6.77. The summed E-state index contributed by atoms with van der Waals surface area (Å²) in [5, 5.41) is 2.64. The maximum atomic E-state index is 12.9. The van der Waals surface area contributed by atoms with Gasteiger partial charge >= 0.3 is 8.02 Å². The summed E-state index contributed by atoms with van der Waals surface area (Å²) in [6.45, 7) is 1.66. The Morgan fingerprint density at radius 3 is 2.62 bits per heavy atom. The maximum Gasteiger partial charge on any atom is 0.330 e. The van der Waals surface area contributed by atoms with Crippen LogP contribution in [0.2, 0.25) is 0 Å². The summed E-state index contributed by atoms with van der Waals surface area (Å²) in [7, 11) is -1.95. The predicted octanol–water partition coefficient (Wildman–Crippen LogP) is 2.60. The summed E-state index contributed by atoms with van der Waals surface area (Å²) in [6, 6.07) is 8.85. The summed E-state index contributed by atoms with van der Waals surface area (Å²) >= 11 is 5.70. The van der Waals surface area contributed by atoms with Crippen LogP contribution < -0.4 is 14.7 Å². The number of para-hydroxylation sites is 1. The van der Waals surface area contributed by atoms with Crippen LogP contribution in [0.1, 0.15) is 19.8 Å². The zero-order valence-electron chi connectivity index (χ0n) is 12.0. The molecule has 7 heteroatoms. The Balaban J connectivity index is 2.44. The number of anilines is 1. The van der Waals surface area contributed by atoms with E-state index >= 15 is 0 Å². The minimum atomic E-state index is -3.47. The first-order chi connectivity index (χ1) is 10.0. The van der Waals surface area contributed by atoms with Crippen molar-refractivity contribution in [2.45, 2.75) is 19.8 Å². The molecule has 1 atom stereocenters. The number of hydrogen-bond acceptors (Lipinski definition) is 4. The monoisotopic (exact) mass is 328 g/mol. The number of amides is 1. The number of benzene rings is 1. The molecule has 5 nitrogen and oxygen atoms in total. The van der Waals surface area contributed by atoms with Gasteiger partial charge < -0.3 is 9.42 Å². The highest BCUT2D eigenvalue weighted by Crippen LogP contribution is 2.57. The van der Waals surface area contributed by atoms with Gasteiger partial charge in [0, 0.05) is 12.9 Å². The van der Waals surface area contributed by atoms with Crippen molar-refractivity contribution < 1.29 is 14.2 Å². The third-order valence-electron chi connectivity index (χ3n) is 3.24. The van der Waals surface area contributed by atoms with Crippen LogP contribution in [0.3, 0.4) is 0 Å². The van der Waals surface area contributed by atoms with Crippen LogP contribution in [0.4, 0.5) is 5.69 Å². The van der Waals surface area contributed by atoms with E-state index in [1.54, 1.807) is 31.2 Å². The average Bonchev–Trinajstić information content (AvgIpc) is 2.48. The van der Waals surface area contributed by atoms with Gasteiger partial charge in [-0.25, -0.2) is 0 Å². The fraction of sp³-hybridized carbons (Fsp3) is 0.357. The fourth-order valence-electron chi connectivity index (χ4n) is 2.19. The number of halogens is 1. The molecule has 1 N–H and O–H groups in total. The molecule has 0 saturated heterocycles. The number of hydrogen-bond donors (Lipinski definition) is 1. The number of nitrogens with one attached hydrogen (secondary N) is 1. The van der Waals surface area contributed by atoms with Crippen molar-refractivity contribution in [1.82, 2.24) is 5.09 Å². The van der Waals surface area contributed by atoms with Crippen molar-refractivity contribution in [3.8, 4) is 0 Å². The summed E-state index contributed by atoms with van der Waals surface area (Å²) in [6.07, 6.45) is 1.16. The lowest BCUT2D eigenvalue weighted by molar-refractivity contribution is -0.194. The lowest BCUT2D eigenvalue weighted by Crippen LogP contribution is -2.46. The molecule has 1 aliphatic rings. The molecule has 1 unspecified atom stereocenters. The van der Waals surface area contributed by atoms with Crippen LogP contribution in [0, 0.1) is 0 Å². The molecule has 1 aliphatic heterocycles. The Hall–Kier alpha value is -1.13. The second-order valence-electron chi connectivity index (χ2n) is 4.62. The second kappa shape index (κ2) is 6.75. The molecule has 1 aromatic rings. The van der Waals surface area contributed by atoms with Gasteiger partial charge in [-0.15, -0.1) is 21.4 Å². The van der Waals surface area contributed by atoms with Gasteiger partial charge in [0.1, 0.15) is 0 Å². The van der Waals surface area contributed by atoms with Gasteiger partial charge in [0.05, 0.1) is 11.3 Å². The molecule has 0 saturated carbocycles. The van der Waals surface area contributed by atoms with Gasteiger partial charge in [-0.05, 0) is 31.9 Å².